The van der Waals surface area contributed by atoms with Crippen LogP contribution in [0.3, 0.4) is 0 Å². The molecule has 3 heteroatoms. The molecular formula is C10H11ClOS. The molecule has 0 aliphatic heterocycles. The number of benzene rings is 1. The first-order valence-electron chi connectivity index (χ1n) is 4.01. The summed E-state index contributed by atoms with van der Waals surface area (Å²) in [6, 6.07) is 7.67. The van der Waals surface area contributed by atoms with Gasteiger partial charge in [-0.1, -0.05) is 29.4 Å². The van der Waals surface area contributed by atoms with Gasteiger partial charge in [0, 0.05) is 16.5 Å². The average molecular weight is 215 g/mol. The van der Waals surface area contributed by atoms with Gasteiger partial charge < -0.3 is 5.11 Å². The first kappa shape index (κ1) is 10.6. The molecule has 1 N–H and O–H groups in total. The van der Waals surface area contributed by atoms with E-state index < -0.39 is 0 Å². The number of thioether (sulfide) groups is 1. The first-order chi connectivity index (χ1) is 6.33. The van der Waals surface area contributed by atoms with Gasteiger partial charge in [0.25, 0.3) is 0 Å². The van der Waals surface area contributed by atoms with Crippen LogP contribution in [0.2, 0.25) is 5.02 Å². The van der Waals surface area contributed by atoms with E-state index in [-0.39, 0.29) is 6.61 Å². The number of hydrogen-bond acceptors (Lipinski definition) is 2. The van der Waals surface area contributed by atoms with Crippen LogP contribution in [0.1, 0.15) is 6.42 Å². The van der Waals surface area contributed by atoms with Crippen molar-refractivity contribution in [3.05, 3.63) is 40.8 Å². The average Bonchev–Trinajstić information content (AvgIpc) is 2.15. The van der Waals surface area contributed by atoms with E-state index in [4.69, 9.17) is 16.7 Å². The fourth-order valence-corrected chi connectivity index (χ4v) is 1.59. The Hall–Kier alpha value is -0.440. The van der Waals surface area contributed by atoms with Crippen LogP contribution in [0.25, 0.3) is 0 Å². The maximum Gasteiger partial charge on any atom is 0.0465 e. The fourth-order valence-electron chi connectivity index (χ4n) is 0.782. The van der Waals surface area contributed by atoms with Crippen molar-refractivity contribution in [1.29, 1.82) is 0 Å². The molecule has 1 rings (SSSR count). The van der Waals surface area contributed by atoms with Crippen LogP contribution in [0.4, 0.5) is 0 Å². The van der Waals surface area contributed by atoms with Gasteiger partial charge in [0.05, 0.1) is 0 Å². The van der Waals surface area contributed by atoms with Crippen LogP contribution < -0.4 is 0 Å². The lowest BCUT2D eigenvalue weighted by molar-refractivity contribution is 0.302. The monoisotopic (exact) mass is 214 g/mol. The van der Waals surface area contributed by atoms with E-state index in [1.165, 1.54) is 0 Å². The van der Waals surface area contributed by atoms with Gasteiger partial charge in [-0.25, -0.2) is 0 Å². The van der Waals surface area contributed by atoms with E-state index in [1.54, 1.807) is 11.8 Å². The van der Waals surface area contributed by atoms with Gasteiger partial charge in [0.2, 0.25) is 0 Å². The molecule has 70 valence electrons. The maximum absolute atomic E-state index is 8.52. The van der Waals surface area contributed by atoms with Crippen LogP contribution in [-0.4, -0.2) is 11.7 Å². The highest BCUT2D eigenvalue weighted by Gasteiger charge is 1.89. The lowest BCUT2D eigenvalue weighted by Crippen LogP contribution is -1.74. The van der Waals surface area contributed by atoms with Crippen molar-refractivity contribution >= 4 is 23.4 Å². The topological polar surface area (TPSA) is 20.2 Å². The van der Waals surface area contributed by atoms with Gasteiger partial charge >= 0.3 is 0 Å². The number of hydrogen-bond donors (Lipinski definition) is 1. The summed E-state index contributed by atoms with van der Waals surface area (Å²) in [5.41, 5.74) is 0. The predicted molar refractivity (Wildman–Crippen MR) is 58.2 cm³/mol. The highest BCUT2D eigenvalue weighted by molar-refractivity contribution is 8.02. The minimum atomic E-state index is 0.206. The van der Waals surface area contributed by atoms with Crippen molar-refractivity contribution in [3.8, 4) is 0 Å². The van der Waals surface area contributed by atoms with Gasteiger partial charge in [-0.05, 0) is 36.1 Å². The second-order valence-electron chi connectivity index (χ2n) is 2.46. The molecule has 0 bridgehead atoms. The van der Waals surface area contributed by atoms with E-state index in [1.807, 2.05) is 35.7 Å². The predicted octanol–water partition coefficient (Wildman–Crippen LogP) is 3.33. The zero-order valence-electron chi connectivity index (χ0n) is 7.11. The van der Waals surface area contributed by atoms with Crippen molar-refractivity contribution in [2.24, 2.45) is 0 Å². The Labute approximate surface area is 87.4 Å². The van der Waals surface area contributed by atoms with Gasteiger partial charge in [-0.3, -0.25) is 0 Å². The molecule has 0 atom stereocenters. The Balaban J connectivity index is 2.41. The molecule has 0 unspecified atom stereocenters. The Morgan fingerprint density at radius 3 is 2.62 bits per heavy atom. The summed E-state index contributed by atoms with van der Waals surface area (Å²) in [6.07, 6.45) is 2.65. The lowest BCUT2D eigenvalue weighted by atomic mass is 10.4. The molecule has 0 aliphatic carbocycles. The highest BCUT2D eigenvalue weighted by atomic mass is 35.5. The third-order valence-electron chi connectivity index (χ3n) is 1.41. The molecule has 0 fully saturated rings. The van der Waals surface area contributed by atoms with Crippen molar-refractivity contribution < 1.29 is 5.11 Å². The van der Waals surface area contributed by atoms with E-state index in [0.717, 1.165) is 9.92 Å². The number of aliphatic hydroxyl groups is 1. The van der Waals surface area contributed by atoms with Crippen molar-refractivity contribution in [3.63, 3.8) is 0 Å². The zero-order valence-corrected chi connectivity index (χ0v) is 8.68. The third-order valence-corrected chi connectivity index (χ3v) is 2.53. The number of rotatable bonds is 4. The Morgan fingerprint density at radius 2 is 2.00 bits per heavy atom. The Morgan fingerprint density at radius 1 is 1.31 bits per heavy atom. The van der Waals surface area contributed by atoms with E-state index in [0.29, 0.717) is 6.42 Å². The summed E-state index contributed by atoms with van der Waals surface area (Å²) in [5, 5.41) is 11.2. The summed E-state index contributed by atoms with van der Waals surface area (Å²) in [5.74, 6) is 0. The smallest absolute Gasteiger partial charge is 0.0465 e. The van der Waals surface area contributed by atoms with Gasteiger partial charge in [-0.2, -0.15) is 0 Å². The largest absolute Gasteiger partial charge is 0.396 e. The molecule has 13 heavy (non-hydrogen) atoms. The first-order valence-corrected chi connectivity index (χ1v) is 5.27. The van der Waals surface area contributed by atoms with E-state index in [2.05, 4.69) is 0 Å². The lowest BCUT2D eigenvalue weighted by Gasteiger charge is -1.95. The van der Waals surface area contributed by atoms with Crippen LogP contribution >= 0.6 is 23.4 Å². The second kappa shape index (κ2) is 6.08. The van der Waals surface area contributed by atoms with Crippen LogP contribution in [-0.2, 0) is 0 Å². The molecule has 0 aromatic heterocycles. The third kappa shape index (κ3) is 4.36. The summed E-state index contributed by atoms with van der Waals surface area (Å²) in [4.78, 5) is 1.15. The van der Waals surface area contributed by atoms with E-state index >= 15 is 0 Å². The number of aliphatic hydroxyl groups excluding tert-OH is 1. The molecule has 1 aromatic carbocycles. The molecule has 1 aromatic rings. The van der Waals surface area contributed by atoms with Gasteiger partial charge in [-0.15, -0.1) is 0 Å². The maximum atomic E-state index is 8.52. The molecular weight excluding hydrogens is 204 g/mol. The minimum Gasteiger partial charge on any atom is -0.396 e. The summed E-state index contributed by atoms with van der Waals surface area (Å²) < 4.78 is 0. The zero-order chi connectivity index (χ0) is 9.52. The molecule has 0 aliphatic rings. The molecule has 1 nitrogen and oxygen atoms in total. The summed E-state index contributed by atoms with van der Waals surface area (Å²) >= 11 is 7.35. The minimum absolute atomic E-state index is 0.206. The Kier molecular flexibility index (Phi) is 4.98. The van der Waals surface area contributed by atoms with Crippen molar-refractivity contribution in [2.45, 2.75) is 11.3 Å². The molecule has 0 saturated heterocycles. The second-order valence-corrected chi connectivity index (χ2v) is 3.87. The standard InChI is InChI=1S/C10H11ClOS/c11-9-3-5-10(6-4-9)13-8-2-1-7-12/h2-6,8,12H,1,7H2/b8-2+. The van der Waals surface area contributed by atoms with Gasteiger partial charge in [0.15, 0.2) is 0 Å². The quantitative estimate of drug-likeness (QED) is 0.776. The van der Waals surface area contributed by atoms with Crippen LogP contribution in [0.15, 0.2) is 40.6 Å². The SMILES string of the molecule is OCC/C=C/Sc1ccc(Cl)cc1. The van der Waals surface area contributed by atoms with Crippen molar-refractivity contribution in [1.82, 2.24) is 0 Å². The summed E-state index contributed by atoms with van der Waals surface area (Å²) in [6.45, 7) is 0.206. The van der Waals surface area contributed by atoms with Crippen LogP contribution in [0, 0.1) is 0 Å². The summed E-state index contributed by atoms with van der Waals surface area (Å²) in [7, 11) is 0. The van der Waals surface area contributed by atoms with Crippen LogP contribution in [0.5, 0.6) is 0 Å². The Bertz CT molecular complexity index is 269. The highest BCUT2D eigenvalue weighted by Crippen LogP contribution is 2.21. The normalized spacial score (nSPS) is 10.9. The molecule has 0 amide bonds. The molecule has 0 heterocycles. The van der Waals surface area contributed by atoms with E-state index in [9.17, 15) is 0 Å². The van der Waals surface area contributed by atoms with Crippen molar-refractivity contribution in [2.75, 3.05) is 6.61 Å². The number of halogens is 1. The fraction of sp³-hybridized carbons (Fsp3) is 0.200. The molecule has 0 radical (unpaired) electrons. The van der Waals surface area contributed by atoms with Gasteiger partial charge in [0.1, 0.15) is 0 Å². The molecule has 0 spiro atoms. The molecule has 0 saturated carbocycles.